The zero-order valence-corrected chi connectivity index (χ0v) is 15.1. The van der Waals surface area contributed by atoms with Gasteiger partial charge in [0, 0.05) is 6.61 Å². The average molecular weight is 373 g/mol. The van der Waals surface area contributed by atoms with Gasteiger partial charge in [-0.05, 0) is 43.5 Å². The van der Waals surface area contributed by atoms with Gasteiger partial charge < -0.3 is 18.9 Å². The van der Waals surface area contributed by atoms with Crippen LogP contribution in [0.15, 0.2) is 29.2 Å². The quantitative estimate of drug-likeness (QED) is 0.680. The average Bonchev–Trinajstić information content (AvgIpc) is 2.65. The molecule has 25 heavy (non-hydrogen) atoms. The highest BCUT2D eigenvalue weighted by atomic mass is 32.2. The van der Waals surface area contributed by atoms with Gasteiger partial charge in [0.25, 0.3) is 0 Å². The predicted octanol–water partition coefficient (Wildman–Crippen LogP) is 1.06. The summed E-state index contributed by atoms with van der Waals surface area (Å²) in [6, 6.07) is 4.66. The Balaban J connectivity index is 2.04. The predicted molar refractivity (Wildman–Crippen MR) is 88.7 cm³/mol. The van der Waals surface area contributed by atoms with E-state index in [1.54, 1.807) is 0 Å². The summed E-state index contributed by atoms with van der Waals surface area (Å²) in [5, 5.41) is 0. The minimum Gasteiger partial charge on any atom is -0.497 e. The first kappa shape index (κ1) is 19.6. The lowest BCUT2D eigenvalue weighted by Gasteiger charge is -2.25. The third-order valence-corrected chi connectivity index (χ3v) is 5.23. The van der Waals surface area contributed by atoms with Gasteiger partial charge in [-0.15, -0.1) is 0 Å². The van der Waals surface area contributed by atoms with Crippen LogP contribution in [0.5, 0.6) is 5.75 Å². The molecule has 1 heterocycles. The van der Waals surface area contributed by atoms with Crippen molar-refractivity contribution in [1.82, 2.24) is 4.72 Å². The largest absolute Gasteiger partial charge is 0.497 e. The van der Waals surface area contributed by atoms with Crippen molar-refractivity contribution in [3.05, 3.63) is 24.3 Å². The van der Waals surface area contributed by atoms with E-state index in [0.29, 0.717) is 18.8 Å². The maximum Gasteiger partial charge on any atom is 0.326 e. The Morgan fingerprint density at radius 1 is 1.28 bits per heavy atom. The summed E-state index contributed by atoms with van der Waals surface area (Å²) in [6.07, 6.45) is 2.20. The Bertz CT molecular complexity index is 654. The van der Waals surface area contributed by atoms with E-state index in [9.17, 15) is 13.2 Å². The molecule has 8 nitrogen and oxygen atoms in total. The van der Waals surface area contributed by atoms with Crippen LogP contribution in [0, 0.1) is 0 Å². The number of hydrogen-bond acceptors (Lipinski definition) is 7. The number of esters is 1. The number of hydrogen-bond donors (Lipinski definition) is 1. The summed E-state index contributed by atoms with van der Waals surface area (Å²) >= 11 is 0. The fraction of sp³-hybridized carbons (Fsp3) is 0.562. The summed E-state index contributed by atoms with van der Waals surface area (Å²) in [7, 11) is -1.25. The van der Waals surface area contributed by atoms with Gasteiger partial charge in [-0.3, -0.25) is 4.79 Å². The molecule has 9 heteroatoms. The van der Waals surface area contributed by atoms with Gasteiger partial charge >= 0.3 is 5.97 Å². The zero-order chi connectivity index (χ0) is 18.3. The van der Waals surface area contributed by atoms with E-state index < -0.39 is 28.3 Å². The number of methoxy groups -OCH3 is 2. The summed E-state index contributed by atoms with van der Waals surface area (Å²) < 4.78 is 47.8. The van der Waals surface area contributed by atoms with Crippen LogP contribution in [0.4, 0.5) is 0 Å². The second-order valence-corrected chi connectivity index (χ2v) is 7.22. The molecule has 0 saturated carbocycles. The van der Waals surface area contributed by atoms with Gasteiger partial charge in [-0.25, -0.2) is 8.42 Å². The van der Waals surface area contributed by atoms with Crippen LogP contribution in [0.2, 0.25) is 0 Å². The van der Waals surface area contributed by atoms with Crippen LogP contribution in [-0.2, 0) is 29.0 Å². The van der Waals surface area contributed by atoms with Gasteiger partial charge in [0.05, 0.1) is 25.7 Å². The van der Waals surface area contributed by atoms with Crippen LogP contribution >= 0.6 is 0 Å². The normalized spacial score (nSPS) is 19.2. The number of ether oxygens (including phenoxy) is 4. The molecular weight excluding hydrogens is 350 g/mol. The van der Waals surface area contributed by atoms with Crippen molar-refractivity contribution in [2.24, 2.45) is 0 Å². The second-order valence-electron chi connectivity index (χ2n) is 5.50. The molecule has 1 aromatic carbocycles. The highest BCUT2D eigenvalue weighted by Crippen LogP contribution is 2.17. The molecular formula is C16H23NO7S. The highest BCUT2D eigenvalue weighted by molar-refractivity contribution is 7.89. The molecule has 0 aromatic heterocycles. The minimum absolute atomic E-state index is 0.0103. The lowest BCUT2D eigenvalue weighted by Crippen LogP contribution is -2.45. The van der Waals surface area contributed by atoms with E-state index in [0.717, 1.165) is 12.8 Å². The van der Waals surface area contributed by atoms with Crippen LogP contribution in [0.25, 0.3) is 0 Å². The van der Waals surface area contributed by atoms with E-state index >= 15 is 0 Å². The molecule has 1 saturated heterocycles. The molecule has 140 valence electrons. The molecule has 0 amide bonds. The SMILES string of the molecule is COC(=O)[C@H](COC1CCCCO1)NS(=O)(=O)c1ccc(OC)cc1. The molecule has 0 spiro atoms. The summed E-state index contributed by atoms with van der Waals surface area (Å²) in [5.74, 6) is -0.200. The Morgan fingerprint density at radius 3 is 2.56 bits per heavy atom. The third-order valence-electron chi connectivity index (χ3n) is 3.74. The fourth-order valence-corrected chi connectivity index (χ4v) is 3.52. The third kappa shape index (κ3) is 5.67. The van der Waals surface area contributed by atoms with Gasteiger partial charge in [0.1, 0.15) is 11.8 Å². The van der Waals surface area contributed by atoms with E-state index in [1.165, 1.54) is 38.5 Å². The fourth-order valence-electron chi connectivity index (χ4n) is 2.35. The van der Waals surface area contributed by atoms with E-state index in [1.807, 2.05) is 0 Å². The zero-order valence-electron chi connectivity index (χ0n) is 14.3. The monoisotopic (exact) mass is 373 g/mol. The Hall–Kier alpha value is -1.68. The summed E-state index contributed by atoms with van der Waals surface area (Å²) in [5.41, 5.74) is 0. The Morgan fingerprint density at radius 2 is 2.00 bits per heavy atom. The van der Waals surface area contributed by atoms with Gasteiger partial charge in [0.2, 0.25) is 10.0 Å². The van der Waals surface area contributed by atoms with Crippen molar-refractivity contribution in [2.75, 3.05) is 27.4 Å². The Kier molecular flexibility index (Phi) is 7.18. The summed E-state index contributed by atoms with van der Waals surface area (Å²) in [4.78, 5) is 11.9. The number of benzene rings is 1. The van der Waals surface area contributed by atoms with Crippen LogP contribution in [0.1, 0.15) is 19.3 Å². The highest BCUT2D eigenvalue weighted by Gasteiger charge is 2.28. The molecule has 2 atom stereocenters. The maximum atomic E-state index is 12.5. The van der Waals surface area contributed by atoms with Crippen molar-refractivity contribution in [2.45, 2.75) is 36.5 Å². The van der Waals surface area contributed by atoms with E-state index in [4.69, 9.17) is 14.2 Å². The van der Waals surface area contributed by atoms with E-state index in [2.05, 4.69) is 9.46 Å². The number of rotatable bonds is 8. The summed E-state index contributed by atoms with van der Waals surface area (Å²) in [6.45, 7) is 0.415. The van der Waals surface area contributed by atoms with Crippen molar-refractivity contribution in [3.8, 4) is 5.75 Å². The molecule has 1 unspecified atom stereocenters. The van der Waals surface area contributed by atoms with E-state index in [-0.39, 0.29) is 11.5 Å². The minimum atomic E-state index is -3.92. The Labute approximate surface area is 147 Å². The molecule has 1 aliphatic heterocycles. The number of carbonyl (C=O) groups excluding carboxylic acids is 1. The molecule has 2 rings (SSSR count). The lowest BCUT2D eigenvalue weighted by molar-refractivity contribution is -0.171. The first-order chi connectivity index (χ1) is 12.0. The lowest BCUT2D eigenvalue weighted by atomic mass is 10.2. The molecule has 0 radical (unpaired) electrons. The van der Waals surface area contributed by atoms with Crippen LogP contribution in [-0.4, -0.2) is 54.2 Å². The first-order valence-corrected chi connectivity index (χ1v) is 9.42. The van der Waals surface area contributed by atoms with Gasteiger partial charge in [0.15, 0.2) is 6.29 Å². The maximum absolute atomic E-state index is 12.5. The number of nitrogens with one attached hydrogen (secondary N) is 1. The molecule has 1 aromatic rings. The topological polar surface area (TPSA) is 100 Å². The van der Waals surface area contributed by atoms with Crippen molar-refractivity contribution >= 4 is 16.0 Å². The second kappa shape index (κ2) is 9.14. The molecule has 0 aliphatic carbocycles. The van der Waals surface area contributed by atoms with Gasteiger partial charge in [-0.1, -0.05) is 0 Å². The van der Waals surface area contributed by atoms with Crippen molar-refractivity contribution in [3.63, 3.8) is 0 Å². The number of carbonyl (C=O) groups is 1. The molecule has 0 bridgehead atoms. The van der Waals surface area contributed by atoms with Crippen LogP contribution in [0.3, 0.4) is 0 Å². The number of sulfonamides is 1. The molecule has 1 fully saturated rings. The first-order valence-electron chi connectivity index (χ1n) is 7.93. The standard InChI is InChI=1S/C16H23NO7S/c1-21-12-6-8-13(9-7-12)25(19,20)17-14(16(18)22-2)11-24-15-5-3-4-10-23-15/h6-9,14-15,17H,3-5,10-11H2,1-2H3/t14-,15?/m0/s1. The van der Waals surface area contributed by atoms with Crippen LogP contribution < -0.4 is 9.46 Å². The molecule has 1 aliphatic rings. The molecule has 1 N–H and O–H groups in total. The van der Waals surface area contributed by atoms with Crippen molar-refractivity contribution in [1.29, 1.82) is 0 Å². The smallest absolute Gasteiger partial charge is 0.326 e. The van der Waals surface area contributed by atoms with Crippen molar-refractivity contribution < 1.29 is 32.2 Å². The van der Waals surface area contributed by atoms with Gasteiger partial charge in [-0.2, -0.15) is 4.72 Å².